The van der Waals surface area contributed by atoms with Crippen LogP contribution in [0.15, 0.2) is 54.5 Å². The van der Waals surface area contributed by atoms with E-state index in [0.717, 1.165) is 10.8 Å². The lowest BCUT2D eigenvalue weighted by Crippen LogP contribution is -1.95. The van der Waals surface area contributed by atoms with E-state index in [1.54, 1.807) is 6.07 Å². The highest BCUT2D eigenvalue weighted by Gasteiger charge is 2.03. The zero-order chi connectivity index (χ0) is 10.7. The van der Waals surface area contributed by atoms with Gasteiger partial charge in [-0.15, -0.1) is 0 Å². The molecule has 3 heteroatoms. The molecule has 0 saturated carbocycles. The Morgan fingerprint density at radius 3 is 2.67 bits per heavy atom. The van der Waals surface area contributed by atoms with E-state index in [1.807, 2.05) is 36.4 Å². The van der Waals surface area contributed by atoms with E-state index in [0.29, 0.717) is 5.75 Å². The summed E-state index contributed by atoms with van der Waals surface area (Å²) in [5.41, 5.74) is 0. The Morgan fingerprint density at radius 2 is 1.87 bits per heavy atom. The van der Waals surface area contributed by atoms with Gasteiger partial charge in [-0.1, -0.05) is 43.0 Å². The van der Waals surface area contributed by atoms with Crippen molar-refractivity contribution in [2.45, 2.75) is 0 Å². The van der Waals surface area contributed by atoms with Gasteiger partial charge in [0.15, 0.2) is 0 Å². The predicted octanol–water partition coefficient (Wildman–Crippen LogP) is 3.03. The fourth-order valence-electron chi connectivity index (χ4n) is 1.39. The van der Waals surface area contributed by atoms with Gasteiger partial charge in [-0.05, 0) is 11.5 Å². The summed E-state index contributed by atoms with van der Waals surface area (Å²) in [5, 5.41) is 3.29. The summed E-state index contributed by atoms with van der Waals surface area (Å²) in [4.78, 5) is 0. The Hall–Kier alpha value is -1.61. The zero-order valence-corrected chi connectivity index (χ0v) is 8.87. The molecule has 76 valence electrons. The SMILES string of the molecule is C=CS(=O)Oc1cccc2ccccc12. The summed E-state index contributed by atoms with van der Waals surface area (Å²) in [5.74, 6) is 0.617. The molecule has 2 aromatic rings. The van der Waals surface area contributed by atoms with Crippen molar-refractivity contribution in [1.29, 1.82) is 0 Å². The first-order valence-electron chi connectivity index (χ1n) is 4.50. The van der Waals surface area contributed by atoms with Crippen molar-refractivity contribution in [2.24, 2.45) is 0 Å². The number of hydrogen-bond donors (Lipinski definition) is 0. The van der Waals surface area contributed by atoms with Crippen LogP contribution in [-0.4, -0.2) is 4.21 Å². The van der Waals surface area contributed by atoms with Crippen LogP contribution in [0.5, 0.6) is 5.75 Å². The molecular formula is C12H10O2S. The van der Waals surface area contributed by atoms with Crippen LogP contribution in [0.2, 0.25) is 0 Å². The Kier molecular flexibility index (Phi) is 2.83. The molecule has 0 amide bonds. The largest absolute Gasteiger partial charge is 0.397 e. The summed E-state index contributed by atoms with van der Waals surface area (Å²) >= 11 is -1.47. The van der Waals surface area contributed by atoms with E-state index in [4.69, 9.17) is 4.18 Å². The van der Waals surface area contributed by atoms with E-state index in [1.165, 1.54) is 5.41 Å². The van der Waals surface area contributed by atoms with Gasteiger partial charge in [-0.2, -0.15) is 0 Å². The maximum absolute atomic E-state index is 11.2. The quantitative estimate of drug-likeness (QED) is 0.791. The predicted molar refractivity (Wildman–Crippen MR) is 62.9 cm³/mol. The molecule has 0 aliphatic rings. The van der Waals surface area contributed by atoms with Gasteiger partial charge in [-0.25, -0.2) is 4.21 Å². The Labute approximate surface area is 90.9 Å². The molecule has 0 aliphatic heterocycles. The lowest BCUT2D eigenvalue weighted by Gasteiger charge is -2.05. The minimum absolute atomic E-state index is 0.617. The third-order valence-electron chi connectivity index (χ3n) is 2.06. The second kappa shape index (κ2) is 4.28. The van der Waals surface area contributed by atoms with Crippen molar-refractivity contribution in [3.05, 3.63) is 54.5 Å². The van der Waals surface area contributed by atoms with Crippen molar-refractivity contribution in [3.8, 4) is 5.75 Å². The molecule has 2 nitrogen and oxygen atoms in total. The van der Waals surface area contributed by atoms with Crippen molar-refractivity contribution < 1.29 is 8.39 Å². The average molecular weight is 218 g/mol. The van der Waals surface area contributed by atoms with Gasteiger partial charge in [0.1, 0.15) is 5.75 Å². The first-order valence-corrected chi connectivity index (χ1v) is 5.64. The first kappa shape index (κ1) is 9.93. The van der Waals surface area contributed by atoms with Crippen LogP contribution >= 0.6 is 0 Å². The molecule has 1 atom stereocenters. The van der Waals surface area contributed by atoms with E-state index in [-0.39, 0.29) is 0 Å². The van der Waals surface area contributed by atoms with Crippen LogP contribution in [0, 0.1) is 0 Å². The topological polar surface area (TPSA) is 26.3 Å². The standard InChI is InChI=1S/C12H10O2S/c1-2-15(13)14-12-9-5-7-10-6-3-4-8-11(10)12/h2-9H,1H2. The average Bonchev–Trinajstić information content (AvgIpc) is 2.29. The van der Waals surface area contributed by atoms with Gasteiger partial charge in [0.05, 0.1) is 0 Å². The van der Waals surface area contributed by atoms with Crippen molar-refractivity contribution in [1.82, 2.24) is 0 Å². The van der Waals surface area contributed by atoms with Crippen LogP contribution in [0.1, 0.15) is 0 Å². The summed E-state index contributed by atoms with van der Waals surface area (Å²) in [6.45, 7) is 3.41. The molecule has 0 N–H and O–H groups in total. The maximum atomic E-state index is 11.2. The lowest BCUT2D eigenvalue weighted by atomic mass is 10.1. The van der Waals surface area contributed by atoms with E-state index >= 15 is 0 Å². The van der Waals surface area contributed by atoms with Crippen molar-refractivity contribution in [3.63, 3.8) is 0 Å². The minimum atomic E-state index is -1.47. The molecule has 15 heavy (non-hydrogen) atoms. The monoisotopic (exact) mass is 218 g/mol. The van der Waals surface area contributed by atoms with E-state index < -0.39 is 11.1 Å². The van der Waals surface area contributed by atoms with Crippen molar-refractivity contribution >= 4 is 21.9 Å². The van der Waals surface area contributed by atoms with Gasteiger partial charge in [0, 0.05) is 10.8 Å². The molecule has 0 heterocycles. The first-order chi connectivity index (χ1) is 7.31. The van der Waals surface area contributed by atoms with Crippen LogP contribution in [0.3, 0.4) is 0 Å². The fourth-order valence-corrected chi connectivity index (χ4v) is 1.78. The Bertz CT molecular complexity index is 515. The van der Waals surface area contributed by atoms with Gasteiger partial charge < -0.3 is 4.18 Å². The Morgan fingerprint density at radius 1 is 1.13 bits per heavy atom. The van der Waals surface area contributed by atoms with Crippen LogP contribution in [-0.2, 0) is 11.1 Å². The second-order valence-corrected chi connectivity index (χ2v) is 4.01. The molecule has 1 unspecified atom stereocenters. The summed E-state index contributed by atoms with van der Waals surface area (Å²) < 4.78 is 16.4. The molecule has 0 fully saturated rings. The second-order valence-electron chi connectivity index (χ2n) is 2.99. The molecule has 0 aromatic heterocycles. The van der Waals surface area contributed by atoms with Gasteiger partial charge >= 0.3 is 0 Å². The lowest BCUT2D eigenvalue weighted by molar-refractivity contribution is 0.575. The molecular weight excluding hydrogens is 208 g/mol. The summed E-state index contributed by atoms with van der Waals surface area (Å²) in [6.07, 6.45) is 0. The Balaban J connectivity index is 2.51. The molecule has 0 aliphatic carbocycles. The number of hydrogen-bond acceptors (Lipinski definition) is 2. The van der Waals surface area contributed by atoms with E-state index in [9.17, 15) is 4.21 Å². The zero-order valence-electron chi connectivity index (χ0n) is 8.05. The van der Waals surface area contributed by atoms with Crippen LogP contribution in [0.4, 0.5) is 0 Å². The number of fused-ring (bicyclic) bond motifs is 1. The van der Waals surface area contributed by atoms with Crippen molar-refractivity contribution in [2.75, 3.05) is 0 Å². The van der Waals surface area contributed by atoms with Crippen LogP contribution < -0.4 is 4.18 Å². The smallest absolute Gasteiger partial charge is 0.232 e. The van der Waals surface area contributed by atoms with Gasteiger partial charge in [-0.3, -0.25) is 0 Å². The molecule has 0 radical (unpaired) electrons. The normalized spacial score (nSPS) is 12.3. The molecule has 0 spiro atoms. The molecule has 2 aromatic carbocycles. The highest BCUT2D eigenvalue weighted by Crippen LogP contribution is 2.25. The third-order valence-corrected chi connectivity index (χ3v) is 2.67. The number of rotatable bonds is 3. The van der Waals surface area contributed by atoms with Crippen LogP contribution in [0.25, 0.3) is 10.8 Å². The molecule has 0 saturated heterocycles. The molecule has 0 bridgehead atoms. The third kappa shape index (κ3) is 2.07. The van der Waals surface area contributed by atoms with Gasteiger partial charge in [0.2, 0.25) is 11.1 Å². The number of benzene rings is 2. The molecule has 2 rings (SSSR count). The van der Waals surface area contributed by atoms with E-state index in [2.05, 4.69) is 6.58 Å². The minimum Gasteiger partial charge on any atom is -0.397 e. The summed E-state index contributed by atoms with van der Waals surface area (Å²) in [6, 6.07) is 13.5. The maximum Gasteiger partial charge on any atom is 0.232 e. The highest BCUT2D eigenvalue weighted by molar-refractivity contribution is 7.83. The highest BCUT2D eigenvalue weighted by atomic mass is 32.2. The summed E-state index contributed by atoms with van der Waals surface area (Å²) in [7, 11) is 0. The van der Waals surface area contributed by atoms with Gasteiger partial charge in [0.25, 0.3) is 0 Å². The fraction of sp³-hybridized carbons (Fsp3) is 0.